The first-order valence-corrected chi connectivity index (χ1v) is 8.80. The van der Waals surface area contributed by atoms with Crippen LogP contribution in [0.15, 0.2) is 48.5 Å². The van der Waals surface area contributed by atoms with E-state index in [0.29, 0.717) is 22.2 Å². The molecule has 0 spiro atoms. The number of benzene rings is 2. The summed E-state index contributed by atoms with van der Waals surface area (Å²) in [5, 5.41) is 6.57. The molecule has 0 saturated carbocycles. The summed E-state index contributed by atoms with van der Waals surface area (Å²) in [6.45, 7) is 2.18. The molecule has 4 nitrogen and oxygen atoms in total. The Hall–Kier alpha value is -2.04. The van der Waals surface area contributed by atoms with Crippen molar-refractivity contribution < 1.29 is 9.59 Å². The first kappa shape index (κ1) is 19.3. The lowest BCUT2D eigenvalue weighted by atomic mass is 10.1. The molecule has 2 N–H and O–H groups in total. The summed E-state index contributed by atoms with van der Waals surface area (Å²) in [6, 6.07) is 13.7. The van der Waals surface area contributed by atoms with Crippen molar-refractivity contribution in [2.45, 2.75) is 25.8 Å². The Morgan fingerprint density at radius 1 is 1.04 bits per heavy atom. The number of amides is 2. The van der Waals surface area contributed by atoms with E-state index in [4.69, 9.17) is 23.2 Å². The van der Waals surface area contributed by atoms with E-state index in [0.717, 1.165) is 18.4 Å². The summed E-state index contributed by atoms with van der Waals surface area (Å²) in [6.07, 6.45) is 1.55. The Kier molecular flexibility index (Phi) is 7.29. The third-order valence-electron chi connectivity index (χ3n) is 3.70. The molecule has 0 aliphatic heterocycles. The minimum atomic E-state index is -0.599. The van der Waals surface area contributed by atoms with Crippen molar-refractivity contribution in [2.24, 2.45) is 0 Å². The summed E-state index contributed by atoms with van der Waals surface area (Å²) in [7, 11) is 0. The largest absolute Gasteiger partial charge is 0.354 e. The number of carbonyl (C=O) groups excluding carboxylic acids is 2. The van der Waals surface area contributed by atoms with Crippen molar-refractivity contribution >= 4 is 35.0 Å². The lowest BCUT2D eigenvalue weighted by molar-refractivity contribution is -0.122. The second-order valence-corrected chi connectivity index (χ2v) is 6.52. The highest BCUT2D eigenvalue weighted by Crippen LogP contribution is 2.23. The number of nitrogens with one attached hydrogen (secondary N) is 2. The monoisotopic (exact) mass is 378 g/mol. The highest BCUT2D eigenvalue weighted by Gasteiger charge is 2.15. The fourth-order valence-electron chi connectivity index (χ4n) is 2.29. The number of hydrogen-bond acceptors (Lipinski definition) is 2. The topological polar surface area (TPSA) is 58.2 Å². The third kappa shape index (κ3) is 6.07. The molecule has 2 aromatic carbocycles. The quantitative estimate of drug-likeness (QED) is 0.718. The fourth-order valence-corrected chi connectivity index (χ4v) is 2.61. The van der Waals surface area contributed by atoms with Crippen LogP contribution in [0.3, 0.4) is 0 Å². The molecule has 132 valence electrons. The van der Waals surface area contributed by atoms with Crippen LogP contribution in [-0.2, 0) is 11.2 Å². The van der Waals surface area contributed by atoms with Gasteiger partial charge in [0.05, 0.1) is 10.0 Å². The first-order valence-electron chi connectivity index (χ1n) is 8.05. The van der Waals surface area contributed by atoms with Gasteiger partial charge in [-0.25, -0.2) is 0 Å². The van der Waals surface area contributed by atoms with E-state index < -0.39 is 6.04 Å². The minimum absolute atomic E-state index is 0.210. The maximum absolute atomic E-state index is 12.1. The Balaban J connectivity index is 1.72. The van der Waals surface area contributed by atoms with Gasteiger partial charge in [-0.1, -0.05) is 47.5 Å². The molecule has 0 aromatic heterocycles. The first-order chi connectivity index (χ1) is 12.0. The zero-order chi connectivity index (χ0) is 18.2. The molecular weight excluding hydrogens is 359 g/mol. The van der Waals surface area contributed by atoms with Crippen molar-refractivity contribution in [3.63, 3.8) is 0 Å². The maximum Gasteiger partial charge on any atom is 0.251 e. The molecule has 2 amide bonds. The summed E-state index contributed by atoms with van der Waals surface area (Å²) in [5.41, 5.74) is 1.59. The molecule has 0 heterocycles. The minimum Gasteiger partial charge on any atom is -0.354 e. The lowest BCUT2D eigenvalue weighted by Gasteiger charge is -2.14. The Morgan fingerprint density at radius 2 is 1.76 bits per heavy atom. The molecule has 0 fully saturated rings. The Labute approximate surface area is 157 Å². The van der Waals surface area contributed by atoms with Gasteiger partial charge in [0.25, 0.3) is 5.91 Å². The van der Waals surface area contributed by atoms with Crippen molar-refractivity contribution in [2.75, 3.05) is 6.54 Å². The average molecular weight is 379 g/mol. The van der Waals surface area contributed by atoms with Crippen LogP contribution in [0.2, 0.25) is 10.0 Å². The molecule has 0 saturated heterocycles. The van der Waals surface area contributed by atoms with Crippen LogP contribution in [-0.4, -0.2) is 24.4 Å². The summed E-state index contributed by atoms with van der Waals surface area (Å²) in [5.74, 6) is -0.475. The number of rotatable bonds is 7. The number of halogens is 2. The maximum atomic E-state index is 12.1. The normalized spacial score (nSPS) is 11.6. The molecular formula is C19H20Cl2N2O2. The van der Waals surface area contributed by atoms with E-state index in [9.17, 15) is 9.59 Å². The highest BCUT2D eigenvalue weighted by atomic mass is 35.5. The smallest absolute Gasteiger partial charge is 0.251 e. The molecule has 0 bridgehead atoms. The van der Waals surface area contributed by atoms with Gasteiger partial charge in [0.1, 0.15) is 6.04 Å². The molecule has 2 rings (SSSR count). The van der Waals surface area contributed by atoms with Gasteiger partial charge in [-0.2, -0.15) is 0 Å². The molecule has 1 atom stereocenters. The van der Waals surface area contributed by atoms with Gasteiger partial charge in [0.15, 0.2) is 0 Å². The lowest BCUT2D eigenvalue weighted by Crippen LogP contribution is -2.45. The van der Waals surface area contributed by atoms with E-state index in [1.807, 2.05) is 18.2 Å². The van der Waals surface area contributed by atoms with E-state index in [1.54, 1.807) is 37.3 Å². The number of carbonyl (C=O) groups is 2. The van der Waals surface area contributed by atoms with E-state index in [2.05, 4.69) is 10.6 Å². The zero-order valence-electron chi connectivity index (χ0n) is 13.9. The van der Waals surface area contributed by atoms with Crippen molar-refractivity contribution in [1.29, 1.82) is 0 Å². The Morgan fingerprint density at radius 3 is 2.44 bits per heavy atom. The van der Waals surface area contributed by atoms with E-state index >= 15 is 0 Å². The van der Waals surface area contributed by atoms with Gasteiger partial charge < -0.3 is 10.6 Å². The van der Waals surface area contributed by atoms with Crippen LogP contribution in [0.5, 0.6) is 0 Å². The predicted molar refractivity (Wildman–Crippen MR) is 101 cm³/mol. The second kappa shape index (κ2) is 9.44. The van der Waals surface area contributed by atoms with Gasteiger partial charge >= 0.3 is 0 Å². The molecule has 0 aliphatic rings. The van der Waals surface area contributed by atoms with Crippen molar-refractivity contribution in [3.8, 4) is 0 Å². The van der Waals surface area contributed by atoms with Gasteiger partial charge in [-0.3, -0.25) is 9.59 Å². The van der Waals surface area contributed by atoms with Crippen LogP contribution < -0.4 is 10.6 Å². The Bertz CT molecular complexity index is 735. The van der Waals surface area contributed by atoms with Gasteiger partial charge in [-0.15, -0.1) is 0 Å². The summed E-state index contributed by atoms with van der Waals surface area (Å²) < 4.78 is 0. The van der Waals surface area contributed by atoms with E-state index in [-0.39, 0.29) is 11.8 Å². The van der Waals surface area contributed by atoms with Crippen molar-refractivity contribution in [3.05, 3.63) is 69.7 Å². The predicted octanol–water partition coefficient (Wildman–Crippen LogP) is 3.86. The van der Waals surface area contributed by atoms with Gasteiger partial charge in [0, 0.05) is 12.1 Å². The molecule has 0 aliphatic carbocycles. The number of aryl methyl sites for hydroxylation is 1. The highest BCUT2D eigenvalue weighted by molar-refractivity contribution is 6.42. The van der Waals surface area contributed by atoms with Crippen LogP contribution >= 0.6 is 23.2 Å². The van der Waals surface area contributed by atoms with E-state index in [1.165, 1.54) is 0 Å². The molecule has 1 unspecified atom stereocenters. The SMILES string of the molecule is CC(NC(=O)c1ccccc1)C(=O)NCCCc1ccc(Cl)c(Cl)c1. The molecule has 25 heavy (non-hydrogen) atoms. The van der Waals surface area contributed by atoms with Crippen LogP contribution in [0.4, 0.5) is 0 Å². The standard InChI is InChI=1S/C19H20Cl2N2O2/c1-13(23-19(25)15-7-3-2-4-8-15)18(24)22-11-5-6-14-9-10-16(20)17(21)12-14/h2-4,7-10,12-13H,5-6,11H2,1H3,(H,22,24)(H,23,25). The molecule has 2 aromatic rings. The van der Waals surface area contributed by atoms with Crippen molar-refractivity contribution in [1.82, 2.24) is 10.6 Å². The summed E-state index contributed by atoms with van der Waals surface area (Å²) in [4.78, 5) is 24.1. The third-order valence-corrected chi connectivity index (χ3v) is 4.44. The zero-order valence-corrected chi connectivity index (χ0v) is 15.4. The van der Waals surface area contributed by atoms with Crippen LogP contribution in [0.1, 0.15) is 29.3 Å². The summed E-state index contributed by atoms with van der Waals surface area (Å²) >= 11 is 11.9. The molecule has 6 heteroatoms. The van der Waals surface area contributed by atoms with Gasteiger partial charge in [0.2, 0.25) is 5.91 Å². The van der Waals surface area contributed by atoms with Crippen LogP contribution in [0.25, 0.3) is 0 Å². The van der Waals surface area contributed by atoms with Crippen LogP contribution in [0, 0.1) is 0 Å². The molecule has 0 radical (unpaired) electrons. The van der Waals surface area contributed by atoms with Gasteiger partial charge in [-0.05, 0) is 49.6 Å². The second-order valence-electron chi connectivity index (χ2n) is 5.70. The number of hydrogen-bond donors (Lipinski definition) is 2. The average Bonchev–Trinajstić information content (AvgIpc) is 2.62. The fraction of sp³-hybridized carbons (Fsp3) is 0.263.